The van der Waals surface area contributed by atoms with Crippen LogP contribution in [0.25, 0.3) is 0 Å². The van der Waals surface area contributed by atoms with Crippen LogP contribution < -0.4 is 5.73 Å². The number of aromatic carboxylic acids is 1. The summed E-state index contributed by atoms with van der Waals surface area (Å²) in [7, 11) is 0. The molecule has 0 heterocycles. The second kappa shape index (κ2) is 6.86. The predicted molar refractivity (Wildman–Crippen MR) is 77.7 cm³/mol. The summed E-state index contributed by atoms with van der Waals surface area (Å²) in [5.74, 6) is -0.906. The van der Waals surface area contributed by atoms with Crippen LogP contribution in [0, 0.1) is 0 Å². The number of carboxylic acid groups (broad SMARTS) is 1. The fourth-order valence-electron chi connectivity index (χ4n) is 2.69. The third-order valence-electron chi connectivity index (χ3n) is 3.96. The van der Waals surface area contributed by atoms with Gasteiger partial charge in [-0.25, -0.2) is 4.79 Å². The zero-order chi connectivity index (χ0) is 14.4. The van der Waals surface area contributed by atoms with Crippen LogP contribution in [0.5, 0.6) is 0 Å². The maximum Gasteiger partial charge on any atom is 0.335 e. The van der Waals surface area contributed by atoms with E-state index in [-0.39, 0.29) is 5.54 Å². The van der Waals surface area contributed by atoms with E-state index in [0.29, 0.717) is 18.8 Å². The van der Waals surface area contributed by atoms with E-state index in [1.165, 1.54) is 25.7 Å². The number of carboxylic acids is 1. The molecule has 4 nitrogen and oxygen atoms in total. The summed E-state index contributed by atoms with van der Waals surface area (Å²) >= 11 is 0. The van der Waals surface area contributed by atoms with Crippen molar-refractivity contribution in [3.8, 4) is 0 Å². The van der Waals surface area contributed by atoms with Crippen LogP contribution >= 0.6 is 0 Å². The lowest BCUT2D eigenvalue weighted by Crippen LogP contribution is -2.43. The zero-order valence-electron chi connectivity index (χ0n) is 11.8. The molecule has 0 aliphatic heterocycles. The van der Waals surface area contributed by atoms with E-state index < -0.39 is 5.97 Å². The average molecular weight is 277 g/mol. The van der Waals surface area contributed by atoms with Crippen molar-refractivity contribution in [3.05, 3.63) is 35.4 Å². The van der Waals surface area contributed by atoms with Crippen LogP contribution in [-0.2, 0) is 11.3 Å². The van der Waals surface area contributed by atoms with Gasteiger partial charge < -0.3 is 15.6 Å². The van der Waals surface area contributed by atoms with E-state index in [1.807, 2.05) is 0 Å². The first kappa shape index (κ1) is 15.0. The smallest absolute Gasteiger partial charge is 0.335 e. The Hall–Kier alpha value is -1.39. The van der Waals surface area contributed by atoms with Gasteiger partial charge in [0.15, 0.2) is 0 Å². The van der Waals surface area contributed by atoms with Gasteiger partial charge in [-0.2, -0.15) is 0 Å². The second-order valence-corrected chi connectivity index (χ2v) is 5.77. The Morgan fingerprint density at radius 3 is 2.30 bits per heavy atom. The van der Waals surface area contributed by atoms with Gasteiger partial charge >= 0.3 is 5.97 Å². The molecule has 1 fully saturated rings. The molecule has 0 unspecified atom stereocenters. The van der Waals surface area contributed by atoms with Crippen molar-refractivity contribution in [2.45, 2.75) is 50.7 Å². The van der Waals surface area contributed by atoms with Crippen molar-refractivity contribution < 1.29 is 14.6 Å². The summed E-state index contributed by atoms with van der Waals surface area (Å²) in [6, 6.07) is 6.79. The van der Waals surface area contributed by atoms with Gasteiger partial charge in [-0.05, 0) is 30.5 Å². The van der Waals surface area contributed by atoms with Crippen LogP contribution in [0.3, 0.4) is 0 Å². The predicted octanol–water partition coefficient (Wildman–Crippen LogP) is 2.95. The minimum Gasteiger partial charge on any atom is -0.478 e. The Kier molecular flexibility index (Phi) is 5.15. The molecule has 1 aliphatic carbocycles. The molecule has 1 aromatic rings. The topological polar surface area (TPSA) is 72.5 Å². The third-order valence-corrected chi connectivity index (χ3v) is 3.96. The van der Waals surface area contributed by atoms with E-state index in [4.69, 9.17) is 15.6 Å². The molecule has 4 heteroatoms. The molecule has 0 radical (unpaired) electrons. The lowest BCUT2D eigenvalue weighted by molar-refractivity contribution is 0.0665. The maximum atomic E-state index is 10.8. The fraction of sp³-hybridized carbons (Fsp3) is 0.562. The van der Waals surface area contributed by atoms with E-state index in [1.54, 1.807) is 24.3 Å². The largest absolute Gasteiger partial charge is 0.478 e. The zero-order valence-corrected chi connectivity index (χ0v) is 11.8. The molecule has 3 N–H and O–H groups in total. The normalized spacial score (nSPS) is 18.4. The molecule has 1 aliphatic rings. The third kappa shape index (κ3) is 4.32. The Balaban J connectivity index is 1.81. The molecule has 0 bridgehead atoms. The van der Waals surface area contributed by atoms with Gasteiger partial charge in [-0.1, -0.05) is 37.8 Å². The molecular formula is C16H23NO3. The van der Waals surface area contributed by atoms with Gasteiger partial charge in [0, 0.05) is 5.54 Å². The molecule has 0 aromatic heterocycles. The second-order valence-electron chi connectivity index (χ2n) is 5.77. The summed E-state index contributed by atoms with van der Waals surface area (Å²) in [4.78, 5) is 10.8. The first-order valence-electron chi connectivity index (χ1n) is 7.28. The van der Waals surface area contributed by atoms with Crippen LogP contribution in [0.15, 0.2) is 24.3 Å². The number of hydrogen-bond donors (Lipinski definition) is 2. The summed E-state index contributed by atoms with van der Waals surface area (Å²) in [5.41, 5.74) is 7.48. The highest BCUT2D eigenvalue weighted by Crippen LogP contribution is 2.25. The van der Waals surface area contributed by atoms with E-state index >= 15 is 0 Å². The molecule has 20 heavy (non-hydrogen) atoms. The minimum absolute atomic E-state index is 0.183. The monoisotopic (exact) mass is 277 g/mol. The average Bonchev–Trinajstić information content (AvgIpc) is 2.64. The van der Waals surface area contributed by atoms with Gasteiger partial charge in [0.2, 0.25) is 0 Å². The summed E-state index contributed by atoms with van der Waals surface area (Å²) in [6.45, 7) is 1.06. The highest BCUT2D eigenvalue weighted by atomic mass is 16.5. The standard InChI is InChI=1S/C16H23NO3/c17-16(9-3-1-2-4-10-16)12-20-11-13-5-7-14(8-6-13)15(18)19/h5-8H,1-4,9-12,17H2,(H,18,19). The number of hydrogen-bond acceptors (Lipinski definition) is 3. The van der Waals surface area contributed by atoms with E-state index in [2.05, 4.69) is 0 Å². The van der Waals surface area contributed by atoms with Gasteiger partial charge in [0.1, 0.15) is 0 Å². The maximum absolute atomic E-state index is 10.8. The molecule has 0 atom stereocenters. The minimum atomic E-state index is -0.906. The highest BCUT2D eigenvalue weighted by Gasteiger charge is 2.26. The summed E-state index contributed by atoms with van der Waals surface area (Å²) in [6.07, 6.45) is 6.99. The Morgan fingerprint density at radius 2 is 1.75 bits per heavy atom. The SMILES string of the molecule is NC1(COCc2ccc(C(=O)O)cc2)CCCCCC1. The molecule has 1 saturated carbocycles. The van der Waals surface area contributed by atoms with Crippen molar-refractivity contribution >= 4 is 5.97 Å². The fourth-order valence-corrected chi connectivity index (χ4v) is 2.69. The first-order valence-corrected chi connectivity index (χ1v) is 7.28. The van der Waals surface area contributed by atoms with E-state index in [0.717, 1.165) is 18.4 Å². The van der Waals surface area contributed by atoms with Gasteiger partial charge in [-0.3, -0.25) is 0 Å². The molecule has 0 spiro atoms. The van der Waals surface area contributed by atoms with Crippen molar-refractivity contribution in [1.82, 2.24) is 0 Å². The lowest BCUT2D eigenvalue weighted by atomic mass is 9.92. The molecular weight excluding hydrogens is 254 g/mol. The highest BCUT2D eigenvalue weighted by molar-refractivity contribution is 5.87. The van der Waals surface area contributed by atoms with Crippen LogP contribution in [0.1, 0.15) is 54.4 Å². The Labute approximate surface area is 119 Å². The molecule has 0 saturated heterocycles. The van der Waals surface area contributed by atoms with Crippen molar-refractivity contribution in [3.63, 3.8) is 0 Å². The van der Waals surface area contributed by atoms with Crippen LogP contribution in [0.4, 0.5) is 0 Å². The van der Waals surface area contributed by atoms with Gasteiger partial charge in [0.25, 0.3) is 0 Å². The number of benzene rings is 1. The van der Waals surface area contributed by atoms with Gasteiger partial charge in [-0.15, -0.1) is 0 Å². The van der Waals surface area contributed by atoms with Crippen molar-refractivity contribution in [2.75, 3.05) is 6.61 Å². The van der Waals surface area contributed by atoms with Crippen LogP contribution in [-0.4, -0.2) is 23.2 Å². The van der Waals surface area contributed by atoms with Crippen molar-refractivity contribution in [1.29, 1.82) is 0 Å². The van der Waals surface area contributed by atoms with Crippen LogP contribution in [0.2, 0.25) is 0 Å². The lowest BCUT2D eigenvalue weighted by Gasteiger charge is -2.27. The summed E-state index contributed by atoms with van der Waals surface area (Å²) < 4.78 is 5.75. The quantitative estimate of drug-likeness (QED) is 0.812. The molecule has 110 valence electrons. The molecule has 0 amide bonds. The Bertz CT molecular complexity index is 434. The first-order chi connectivity index (χ1) is 9.59. The Morgan fingerprint density at radius 1 is 1.15 bits per heavy atom. The number of nitrogens with two attached hydrogens (primary N) is 1. The van der Waals surface area contributed by atoms with Gasteiger partial charge in [0.05, 0.1) is 18.8 Å². The molecule has 2 rings (SSSR count). The van der Waals surface area contributed by atoms with Crippen molar-refractivity contribution in [2.24, 2.45) is 5.73 Å². The molecule has 1 aromatic carbocycles. The van der Waals surface area contributed by atoms with E-state index in [9.17, 15) is 4.79 Å². The summed E-state index contributed by atoms with van der Waals surface area (Å²) in [5, 5.41) is 8.83. The number of rotatable bonds is 5. The number of carbonyl (C=O) groups is 1. The number of ether oxygens (including phenoxy) is 1.